The first-order valence-corrected chi connectivity index (χ1v) is 7.77. The van der Waals surface area contributed by atoms with Crippen LogP contribution in [-0.4, -0.2) is 30.3 Å². The summed E-state index contributed by atoms with van der Waals surface area (Å²) in [6.45, 7) is 1.99. The van der Waals surface area contributed by atoms with E-state index < -0.39 is 16.0 Å². The zero-order valence-corrected chi connectivity index (χ0v) is 11.0. The van der Waals surface area contributed by atoms with Crippen LogP contribution in [0.3, 0.4) is 0 Å². The molecule has 0 aliphatic carbocycles. The lowest BCUT2D eigenvalue weighted by atomic mass is 10.0. The Balaban J connectivity index is 2.37. The van der Waals surface area contributed by atoms with Crippen LogP contribution in [0.2, 0.25) is 0 Å². The molecule has 17 heavy (non-hydrogen) atoms. The normalized spacial score (nSPS) is 18.1. The van der Waals surface area contributed by atoms with Crippen molar-refractivity contribution in [2.75, 3.05) is 11.6 Å². The van der Waals surface area contributed by atoms with Crippen molar-refractivity contribution in [1.82, 2.24) is 0 Å². The average molecular weight is 271 g/mol. The van der Waals surface area contributed by atoms with Crippen molar-refractivity contribution >= 4 is 27.6 Å². The Hall–Kier alpha value is -0.850. The summed E-state index contributed by atoms with van der Waals surface area (Å²) in [5, 5.41) is 0. The van der Waals surface area contributed by atoms with Gasteiger partial charge in [0.05, 0.1) is 0 Å². The van der Waals surface area contributed by atoms with Crippen LogP contribution in [0.4, 0.5) is 0 Å². The van der Waals surface area contributed by atoms with E-state index in [9.17, 15) is 8.42 Å². The summed E-state index contributed by atoms with van der Waals surface area (Å²) in [7, 11) is -4.03. The molecule has 1 N–H and O–H groups in total. The molecule has 0 unspecified atom stereocenters. The number of aliphatic imine (C=N–C) groups is 1. The zero-order valence-electron chi connectivity index (χ0n) is 9.38. The Labute approximate surface area is 105 Å². The lowest BCUT2D eigenvalue weighted by Gasteiger charge is -2.17. The number of rotatable bonds is 2. The Morgan fingerprint density at radius 3 is 2.94 bits per heavy atom. The van der Waals surface area contributed by atoms with Crippen LogP contribution >= 0.6 is 11.8 Å². The van der Waals surface area contributed by atoms with Gasteiger partial charge in [0.1, 0.15) is 0 Å². The smallest absolute Gasteiger partial charge is 0.284 e. The Morgan fingerprint density at radius 2 is 2.24 bits per heavy atom. The number of nitrogens with zero attached hydrogens (tertiary/aromatic N) is 1. The van der Waals surface area contributed by atoms with E-state index >= 15 is 0 Å². The van der Waals surface area contributed by atoms with Gasteiger partial charge in [0.15, 0.2) is 5.88 Å². The van der Waals surface area contributed by atoms with Crippen molar-refractivity contribution in [1.29, 1.82) is 0 Å². The third-order valence-corrected chi connectivity index (χ3v) is 3.99. The Morgan fingerprint density at radius 1 is 1.47 bits per heavy atom. The van der Waals surface area contributed by atoms with Gasteiger partial charge in [-0.3, -0.25) is 9.55 Å². The van der Waals surface area contributed by atoms with Crippen LogP contribution in [0.25, 0.3) is 0 Å². The first-order chi connectivity index (χ1) is 7.96. The second-order valence-electron chi connectivity index (χ2n) is 3.91. The molecular formula is C11H13NO3S2. The maximum atomic E-state index is 10.7. The molecule has 0 atom stereocenters. The van der Waals surface area contributed by atoms with Gasteiger partial charge >= 0.3 is 0 Å². The van der Waals surface area contributed by atoms with E-state index in [-0.39, 0.29) is 0 Å². The molecular weight excluding hydrogens is 258 g/mol. The maximum absolute atomic E-state index is 10.7. The lowest BCUT2D eigenvalue weighted by Crippen LogP contribution is -2.13. The second-order valence-corrected chi connectivity index (χ2v) is 6.47. The molecule has 1 aliphatic rings. The fourth-order valence-corrected chi connectivity index (χ4v) is 3.04. The van der Waals surface area contributed by atoms with Crippen molar-refractivity contribution in [3.63, 3.8) is 0 Å². The fraction of sp³-hybridized carbons (Fsp3) is 0.364. The topological polar surface area (TPSA) is 66.7 Å². The fourth-order valence-electron chi connectivity index (χ4n) is 1.71. The van der Waals surface area contributed by atoms with E-state index in [1.165, 1.54) is 0 Å². The van der Waals surface area contributed by atoms with E-state index in [1.54, 1.807) is 11.8 Å². The van der Waals surface area contributed by atoms with Crippen LogP contribution < -0.4 is 0 Å². The van der Waals surface area contributed by atoms with Crippen molar-refractivity contribution in [2.45, 2.75) is 18.2 Å². The van der Waals surface area contributed by atoms with Crippen LogP contribution in [0.5, 0.6) is 0 Å². The molecule has 0 amide bonds. The standard InChI is InChI=1S/C11H13NO3S2/c1-8-2-3-11-9(6-8)10(4-5-16-11)12-7-17(13,14)15/h2-3,6H,4-5,7H2,1H3,(H,13,14,15). The van der Waals surface area contributed by atoms with E-state index in [2.05, 4.69) is 4.99 Å². The minimum atomic E-state index is -4.03. The number of thioether (sulfide) groups is 1. The minimum absolute atomic E-state index is 0.555. The summed E-state index contributed by atoms with van der Waals surface area (Å²) >= 11 is 1.74. The molecule has 92 valence electrons. The molecule has 1 aliphatic heterocycles. The third-order valence-electron chi connectivity index (χ3n) is 2.46. The minimum Gasteiger partial charge on any atom is -0.284 e. The highest BCUT2D eigenvalue weighted by Crippen LogP contribution is 2.30. The van der Waals surface area contributed by atoms with Gasteiger partial charge in [-0.25, -0.2) is 0 Å². The van der Waals surface area contributed by atoms with E-state index in [0.717, 1.165) is 33.9 Å². The second kappa shape index (κ2) is 4.80. The third kappa shape index (κ3) is 3.31. The summed E-state index contributed by atoms with van der Waals surface area (Å²) in [5.74, 6) is 0.334. The molecule has 0 spiro atoms. The van der Waals surface area contributed by atoms with Gasteiger partial charge in [0, 0.05) is 21.9 Å². The van der Waals surface area contributed by atoms with Gasteiger partial charge in [0.2, 0.25) is 0 Å². The van der Waals surface area contributed by atoms with Crippen LogP contribution in [0.1, 0.15) is 17.5 Å². The Bertz CT molecular complexity index is 564. The SMILES string of the molecule is Cc1ccc2c(c1)C(=NCS(=O)(=O)O)CCS2. The first-order valence-electron chi connectivity index (χ1n) is 5.18. The van der Waals surface area contributed by atoms with E-state index in [4.69, 9.17) is 4.55 Å². The summed E-state index contributed by atoms with van der Waals surface area (Å²) < 4.78 is 30.1. The lowest BCUT2D eigenvalue weighted by molar-refractivity contribution is 0.484. The van der Waals surface area contributed by atoms with Gasteiger partial charge in [-0.2, -0.15) is 8.42 Å². The van der Waals surface area contributed by atoms with E-state index in [0.29, 0.717) is 0 Å². The predicted molar refractivity (Wildman–Crippen MR) is 69.5 cm³/mol. The molecule has 1 aromatic rings. The number of fused-ring (bicyclic) bond motifs is 1. The van der Waals surface area contributed by atoms with Crippen molar-refractivity contribution in [3.05, 3.63) is 29.3 Å². The zero-order chi connectivity index (χ0) is 12.5. The number of benzene rings is 1. The summed E-state index contributed by atoms with van der Waals surface area (Å²) in [6.07, 6.45) is 0.733. The number of aryl methyl sites for hydroxylation is 1. The monoisotopic (exact) mass is 271 g/mol. The molecule has 1 heterocycles. The maximum Gasteiger partial charge on any atom is 0.285 e. The molecule has 0 fully saturated rings. The molecule has 1 aromatic carbocycles. The van der Waals surface area contributed by atoms with Crippen molar-refractivity contribution in [2.24, 2.45) is 4.99 Å². The molecule has 0 saturated carbocycles. The quantitative estimate of drug-likeness (QED) is 0.837. The molecule has 2 rings (SSSR count). The van der Waals surface area contributed by atoms with Gasteiger partial charge in [-0.1, -0.05) is 11.6 Å². The summed E-state index contributed by atoms with van der Waals surface area (Å²) in [4.78, 5) is 5.12. The molecule has 6 heteroatoms. The van der Waals surface area contributed by atoms with Gasteiger partial charge < -0.3 is 0 Å². The molecule has 4 nitrogen and oxygen atoms in total. The first kappa shape index (κ1) is 12.6. The average Bonchev–Trinajstić information content (AvgIpc) is 2.25. The molecule has 0 bridgehead atoms. The summed E-state index contributed by atoms with van der Waals surface area (Å²) in [5.41, 5.74) is 2.87. The van der Waals surface area contributed by atoms with Crippen LogP contribution in [-0.2, 0) is 10.1 Å². The van der Waals surface area contributed by atoms with Gasteiger partial charge in [-0.05, 0) is 25.5 Å². The van der Waals surface area contributed by atoms with E-state index in [1.807, 2.05) is 25.1 Å². The highest BCUT2D eigenvalue weighted by Gasteiger charge is 2.16. The van der Waals surface area contributed by atoms with Crippen LogP contribution in [0.15, 0.2) is 28.1 Å². The largest absolute Gasteiger partial charge is 0.285 e. The van der Waals surface area contributed by atoms with Gasteiger partial charge in [-0.15, -0.1) is 11.8 Å². The van der Waals surface area contributed by atoms with Crippen molar-refractivity contribution < 1.29 is 13.0 Å². The van der Waals surface area contributed by atoms with Gasteiger partial charge in [0.25, 0.3) is 10.1 Å². The number of hydrogen-bond acceptors (Lipinski definition) is 4. The molecule has 0 saturated heterocycles. The Kier molecular flexibility index (Phi) is 3.56. The highest BCUT2D eigenvalue weighted by molar-refractivity contribution is 7.99. The molecule has 0 radical (unpaired) electrons. The molecule has 0 aromatic heterocycles. The summed E-state index contributed by atoms with van der Waals surface area (Å²) in [6, 6.07) is 6.05. The number of hydrogen-bond donors (Lipinski definition) is 1. The van der Waals surface area contributed by atoms with Crippen LogP contribution in [0, 0.1) is 6.92 Å². The predicted octanol–water partition coefficient (Wildman–Crippen LogP) is 2.13. The highest BCUT2D eigenvalue weighted by atomic mass is 32.2. The van der Waals surface area contributed by atoms with Crippen molar-refractivity contribution in [3.8, 4) is 0 Å².